The lowest BCUT2D eigenvalue weighted by Gasteiger charge is -2.12. The Morgan fingerprint density at radius 3 is 1.56 bits per heavy atom. The smallest absolute Gasteiger partial charge is 0.165 e. The van der Waals surface area contributed by atoms with Crippen molar-refractivity contribution < 1.29 is 4.42 Å². The van der Waals surface area contributed by atoms with Crippen molar-refractivity contribution in [2.45, 2.75) is 0 Å². The normalized spacial score (nSPS) is 11.9. The van der Waals surface area contributed by atoms with Gasteiger partial charge in [-0.1, -0.05) is 164 Å². The van der Waals surface area contributed by atoms with E-state index in [-0.39, 0.29) is 0 Å². The summed E-state index contributed by atoms with van der Waals surface area (Å²) in [7, 11) is 0. The van der Waals surface area contributed by atoms with Crippen LogP contribution in [0.15, 0.2) is 205 Å². The maximum absolute atomic E-state index is 6.51. The fourth-order valence-corrected chi connectivity index (χ4v) is 10.6. The van der Waals surface area contributed by atoms with Gasteiger partial charge < -0.3 is 4.42 Å². The van der Waals surface area contributed by atoms with Crippen molar-refractivity contribution in [2.75, 3.05) is 0 Å². The van der Waals surface area contributed by atoms with Crippen LogP contribution in [0.25, 0.3) is 131 Å². The van der Waals surface area contributed by atoms with E-state index in [0.717, 1.165) is 55.3 Å². The minimum atomic E-state index is 0.631. The summed E-state index contributed by atoms with van der Waals surface area (Å²) in [6.07, 6.45) is 0. The van der Waals surface area contributed by atoms with E-state index in [1.54, 1.807) is 11.3 Å². The van der Waals surface area contributed by atoms with E-state index in [4.69, 9.17) is 19.4 Å². The molecule has 0 saturated heterocycles. The highest BCUT2D eigenvalue weighted by molar-refractivity contribution is 7.26. The summed E-state index contributed by atoms with van der Waals surface area (Å²) in [4.78, 5) is 15.3. The van der Waals surface area contributed by atoms with Gasteiger partial charge in [-0.15, -0.1) is 11.3 Å². The van der Waals surface area contributed by atoms with Crippen molar-refractivity contribution in [3.8, 4) is 56.4 Å². The van der Waals surface area contributed by atoms with Crippen molar-refractivity contribution in [1.29, 1.82) is 0 Å². The van der Waals surface area contributed by atoms with Crippen LogP contribution in [-0.4, -0.2) is 15.0 Å². The standard InChI is InChI=1S/C57H33N3OS/c1-2-12-35(13-3-1)55-58-56(60-57(59-55)47-21-10-20-46-45-18-8-9-23-52(45)62-54(46)47)36-26-24-34(25-27-36)39-19-11-22-51-53(39)49-33-38(29-31-50(49)61-51)37-28-30-44-42-16-5-4-14-40(42)41-15-6-7-17-43(41)48(44)32-37/h1-33H. The second-order valence-corrected chi connectivity index (χ2v) is 16.9. The summed E-state index contributed by atoms with van der Waals surface area (Å²) in [5.41, 5.74) is 9.11. The lowest BCUT2D eigenvalue weighted by atomic mass is 9.91. The van der Waals surface area contributed by atoms with E-state index in [9.17, 15) is 0 Å². The molecule has 288 valence electrons. The second-order valence-electron chi connectivity index (χ2n) is 15.9. The van der Waals surface area contributed by atoms with Gasteiger partial charge in [0.1, 0.15) is 11.2 Å². The van der Waals surface area contributed by atoms with Crippen LogP contribution in [0.2, 0.25) is 0 Å². The van der Waals surface area contributed by atoms with Gasteiger partial charge in [0, 0.05) is 47.6 Å². The van der Waals surface area contributed by atoms with Gasteiger partial charge in [-0.2, -0.15) is 0 Å². The first kappa shape index (κ1) is 34.8. The molecule has 0 aliphatic carbocycles. The molecular weight excluding hydrogens is 775 g/mol. The average molecular weight is 808 g/mol. The molecule has 0 radical (unpaired) electrons. The quantitative estimate of drug-likeness (QED) is 0.163. The van der Waals surface area contributed by atoms with Crippen LogP contribution in [0, 0.1) is 0 Å². The molecule has 0 atom stereocenters. The number of nitrogens with zero attached hydrogens (tertiary/aromatic N) is 3. The van der Waals surface area contributed by atoms with E-state index in [0.29, 0.717) is 17.5 Å². The van der Waals surface area contributed by atoms with E-state index >= 15 is 0 Å². The van der Waals surface area contributed by atoms with Gasteiger partial charge in [-0.05, 0) is 91.0 Å². The summed E-state index contributed by atoms with van der Waals surface area (Å²) in [5.74, 6) is 1.94. The van der Waals surface area contributed by atoms with Crippen LogP contribution in [-0.2, 0) is 0 Å². The van der Waals surface area contributed by atoms with Crippen molar-refractivity contribution in [2.24, 2.45) is 0 Å². The van der Waals surface area contributed by atoms with E-state index in [2.05, 4.69) is 182 Å². The van der Waals surface area contributed by atoms with Gasteiger partial charge in [0.05, 0.1) is 0 Å². The van der Waals surface area contributed by atoms with E-state index in [1.807, 2.05) is 18.2 Å². The number of furan rings is 1. The molecule has 0 spiro atoms. The predicted molar refractivity (Wildman–Crippen MR) is 260 cm³/mol. The van der Waals surface area contributed by atoms with Gasteiger partial charge in [0.2, 0.25) is 0 Å². The van der Waals surface area contributed by atoms with Crippen molar-refractivity contribution in [1.82, 2.24) is 15.0 Å². The first-order chi connectivity index (χ1) is 30.7. The Hall–Kier alpha value is -7.99. The predicted octanol–water partition coefficient (Wildman–Crippen LogP) is 15.9. The Morgan fingerprint density at radius 1 is 0.306 bits per heavy atom. The van der Waals surface area contributed by atoms with Crippen molar-refractivity contribution >= 4 is 85.8 Å². The number of fused-ring (bicyclic) bond motifs is 12. The molecule has 0 N–H and O–H groups in total. The second kappa shape index (κ2) is 13.8. The molecule has 0 unspecified atom stereocenters. The Balaban J connectivity index is 0.920. The SMILES string of the molecule is c1ccc(-c2nc(-c3ccc(-c4cccc5oc6ccc(-c7ccc8c9ccccc9c9ccccc9c8c7)cc6c45)cc3)nc(-c3cccc4c3sc3ccccc34)n2)cc1. The fourth-order valence-electron chi connectivity index (χ4n) is 9.40. The molecule has 3 aromatic heterocycles. The third kappa shape index (κ3) is 5.49. The Kier molecular flexibility index (Phi) is 7.74. The highest BCUT2D eigenvalue weighted by atomic mass is 32.1. The molecule has 10 aromatic carbocycles. The summed E-state index contributed by atoms with van der Waals surface area (Å²) in [5, 5.41) is 12.3. The number of benzene rings is 10. The molecule has 0 amide bonds. The van der Waals surface area contributed by atoms with E-state index in [1.165, 1.54) is 58.1 Å². The zero-order valence-electron chi connectivity index (χ0n) is 33.2. The highest BCUT2D eigenvalue weighted by Crippen LogP contribution is 2.42. The van der Waals surface area contributed by atoms with Crippen LogP contribution in [0.3, 0.4) is 0 Å². The lowest BCUT2D eigenvalue weighted by molar-refractivity contribution is 0.669. The molecule has 0 fully saturated rings. The van der Waals surface area contributed by atoms with Gasteiger partial charge in [0.15, 0.2) is 17.5 Å². The third-order valence-electron chi connectivity index (χ3n) is 12.3. The largest absolute Gasteiger partial charge is 0.456 e. The number of thiophene rings is 1. The first-order valence-electron chi connectivity index (χ1n) is 20.8. The average Bonchev–Trinajstić information content (AvgIpc) is 3.93. The Morgan fingerprint density at radius 2 is 0.823 bits per heavy atom. The molecule has 0 aliphatic rings. The molecule has 3 heterocycles. The maximum Gasteiger partial charge on any atom is 0.165 e. The summed E-state index contributed by atoms with van der Waals surface area (Å²) in [6.45, 7) is 0. The summed E-state index contributed by atoms with van der Waals surface area (Å²) >= 11 is 1.78. The molecule has 0 aliphatic heterocycles. The minimum Gasteiger partial charge on any atom is -0.456 e. The summed E-state index contributed by atoms with van der Waals surface area (Å²) in [6, 6.07) is 71.0. The van der Waals surface area contributed by atoms with Crippen LogP contribution < -0.4 is 0 Å². The molecule has 0 bridgehead atoms. The van der Waals surface area contributed by atoms with Gasteiger partial charge >= 0.3 is 0 Å². The molecule has 4 nitrogen and oxygen atoms in total. The minimum absolute atomic E-state index is 0.631. The Bertz CT molecular complexity index is 3890. The summed E-state index contributed by atoms with van der Waals surface area (Å²) < 4.78 is 8.93. The maximum atomic E-state index is 6.51. The zero-order valence-corrected chi connectivity index (χ0v) is 34.0. The van der Waals surface area contributed by atoms with Crippen molar-refractivity contribution in [3.63, 3.8) is 0 Å². The van der Waals surface area contributed by atoms with Crippen LogP contribution >= 0.6 is 11.3 Å². The van der Waals surface area contributed by atoms with Gasteiger partial charge in [-0.3, -0.25) is 0 Å². The van der Waals surface area contributed by atoms with E-state index < -0.39 is 0 Å². The highest BCUT2D eigenvalue weighted by Gasteiger charge is 2.19. The fraction of sp³-hybridized carbons (Fsp3) is 0. The molecule has 5 heteroatoms. The number of rotatable bonds is 5. The van der Waals surface area contributed by atoms with Crippen LogP contribution in [0.4, 0.5) is 0 Å². The topological polar surface area (TPSA) is 51.8 Å². The molecule has 0 saturated carbocycles. The van der Waals surface area contributed by atoms with Crippen molar-refractivity contribution in [3.05, 3.63) is 200 Å². The zero-order chi connectivity index (χ0) is 40.7. The number of hydrogen-bond acceptors (Lipinski definition) is 5. The Labute approximate surface area is 360 Å². The molecule has 62 heavy (non-hydrogen) atoms. The first-order valence-corrected chi connectivity index (χ1v) is 21.7. The molecular formula is C57H33N3OS. The number of hydrogen-bond donors (Lipinski definition) is 0. The molecule has 13 rings (SSSR count). The third-order valence-corrected chi connectivity index (χ3v) is 13.6. The van der Waals surface area contributed by atoms with Gasteiger partial charge in [0.25, 0.3) is 0 Å². The lowest BCUT2D eigenvalue weighted by Crippen LogP contribution is -2.00. The van der Waals surface area contributed by atoms with Crippen LogP contribution in [0.5, 0.6) is 0 Å². The monoisotopic (exact) mass is 807 g/mol. The number of aromatic nitrogens is 3. The van der Waals surface area contributed by atoms with Crippen LogP contribution in [0.1, 0.15) is 0 Å². The van der Waals surface area contributed by atoms with Gasteiger partial charge in [-0.25, -0.2) is 15.0 Å². The molecule has 13 aromatic rings.